The molecule has 0 aliphatic heterocycles. The molecule has 0 amide bonds. The Morgan fingerprint density at radius 2 is 2.25 bits per heavy atom. The van der Waals surface area contributed by atoms with Crippen molar-refractivity contribution in [3.05, 3.63) is 18.0 Å². The first-order valence-electron chi connectivity index (χ1n) is 6.82. The molecular weight excluding hydrogens is 278 g/mol. The number of ether oxygens (including phenoxy) is 1. The molecule has 6 nitrogen and oxygen atoms in total. The third kappa shape index (κ3) is 2.76. The van der Waals surface area contributed by atoms with Gasteiger partial charge in [-0.3, -0.25) is 0 Å². The minimum absolute atomic E-state index is 0.103. The Morgan fingerprint density at radius 3 is 2.75 bits per heavy atom. The maximum Gasteiger partial charge on any atom is 0.242 e. The summed E-state index contributed by atoms with van der Waals surface area (Å²) in [5.41, 5.74) is 5.98. The lowest BCUT2D eigenvalue weighted by atomic mass is 9.65. The lowest BCUT2D eigenvalue weighted by Crippen LogP contribution is -2.61. The van der Waals surface area contributed by atoms with Gasteiger partial charge < -0.3 is 15.5 Å². The number of H-pyrrole nitrogens is 1. The molecule has 1 aromatic rings. The SMILES string of the molecule is CCOC1CC(NS(=O)(=O)c2c[nH]c(CN)c2)C1(C)C. The Balaban J connectivity index is 2.07. The van der Waals surface area contributed by atoms with Crippen molar-refractivity contribution in [3.63, 3.8) is 0 Å². The second-order valence-corrected chi connectivity index (χ2v) is 7.45. The predicted molar refractivity (Wildman–Crippen MR) is 76.6 cm³/mol. The normalized spacial score (nSPS) is 25.4. The lowest BCUT2D eigenvalue weighted by molar-refractivity contribution is -0.108. The molecule has 2 rings (SSSR count). The third-order valence-electron chi connectivity index (χ3n) is 4.09. The molecule has 2 unspecified atom stereocenters. The van der Waals surface area contributed by atoms with Gasteiger partial charge in [0.05, 0.1) is 11.0 Å². The van der Waals surface area contributed by atoms with E-state index in [4.69, 9.17) is 10.5 Å². The number of sulfonamides is 1. The number of nitrogens with two attached hydrogens (primary N) is 1. The van der Waals surface area contributed by atoms with Gasteiger partial charge in [-0.2, -0.15) is 0 Å². The van der Waals surface area contributed by atoms with Crippen LogP contribution in [0.2, 0.25) is 0 Å². The zero-order valence-electron chi connectivity index (χ0n) is 12.1. The van der Waals surface area contributed by atoms with E-state index < -0.39 is 10.0 Å². The van der Waals surface area contributed by atoms with E-state index in [1.54, 1.807) is 6.07 Å². The fourth-order valence-electron chi connectivity index (χ4n) is 2.52. The second kappa shape index (κ2) is 5.48. The van der Waals surface area contributed by atoms with Gasteiger partial charge in [0.25, 0.3) is 0 Å². The van der Waals surface area contributed by atoms with Crippen LogP contribution >= 0.6 is 0 Å². The van der Waals surface area contributed by atoms with Gasteiger partial charge in [-0.1, -0.05) is 13.8 Å². The quantitative estimate of drug-likeness (QED) is 0.729. The van der Waals surface area contributed by atoms with Gasteiger partial charge in [0.1, 0.15) is 0 Å². The molecule has 1 fully saturated rings. The van der Waals surface area contributed by atoms with E-state index in [1.807, 2.05) is 20.8 Å². The van der Waals surface area contributed by atoms with Crippen molar-refractivity contribution in [2.24, 2.45) is 11.1 Å². The van der Waals surface area contributed by atoms with Crippen molar-refractivity contribution < 1.29 is 13.2 Å². The van der Waals surface area contributed by atoms with Crippen molar-refractivity contribution in [3.8, 4) is 0 Å². The average molecular weight is 301 g/mol. The largest absolute Gasteiger partial charge is 0.378 e. The highest BCUT2D eigenvalue weighted by molar-refractivity contribution is 7.89. The van der Waals surface area contributed by atoms with Crippen LogP contribution in [0, 0.1) is 5.41 Å². The number of hydrogen-bond donors (Lipinski definition) is 3. The van der Waals surface area contributed by atoms with Gasteiger partial charge in [0, 0.05) is 36.5 Å². The summed E-state index contributed by atoms with van der Waals surface area (Å²) in [5, 5.41) is 0. The molecule has 114 valence electrons. The molecule has 1 aliphatic carbocycles. The van der Waals surface area contributed by atoms with E-state index in [1.165, 1.54) is 6.20 Å². The van der Waals surface area contributed by atoms with Gasteiger partial charge in [-0.15, -0.1) is 0 Å². The van der Waals surface area contributed by atoms with E-state index in [2.05, 4.69) is 9.71 Å². The van der Waals surface area contributed by atoms with E-state index in [0.717, 1.165) is 0 Å². The van der Waals surface area contributed by atoms with Crippen LogP contribution in [0.25, 0.3) is 0 Å². The Bertz CT molecular complexity index is 565. The van der Waals surface area contributed by atoms with Crippen LogP contribution in [-0.2, 0) is 21.3 Å². The molecule has 0 spiro atoms. The topological polar surface area (TPSA) is 97.2 Å². The van der Waals surface area contributed by atoms with Gasteiger partial charge >= 0.3 is 0 Å². The lowest BCUT2D eigenvalue weighted by Gasteiger charge is -2.51. The number of aromatic nitrogens is 1. The highest BCUT2D eigenvalue weighted by Crippen LogP contribution is 2.43. The predicted octanol–water partition coefficient (Wildman–Crippen LogP) is 0.955. The van der Waals surface area contributed by atoms with Crippen molar-refractivity contribution >= 4 is 10.0 Å². The summed E-state index contributed by atoms with van der Waals surface area (Å²) < 4.78 is 33.0. The fraction of sp³-hybridized carbons (Fsp3) is 0.692. The maximum atomic E-state index is 12.3. The molecule has 20 heavy (non-hydrogen) atoms. The van der Waals surface area contributed by atoms with Crippen molar-refractivity contribution in [2.45, 2.75) is 50.8 Å². The minimum Gasteiger partial charge on any atom is -0.378 e. The Hall–Kier alpha value is -0.890. The third-order valence-corrected chi connectivity index (χ3v) is 5.54. The number of hydrogen-bond acceptors (Lipinski definition) is 4. The molecule has 1 heterocycles. The fourth-order valence-corrected chi connectivity index (χ4v) is 3.94. The highest BCUT2D eigenvalue weighted by Gasteiger charge is 2.50. The van der Waals surface area contributed by atoms with Crippen molar-refractivity contribution in [1.29, 1.82) is 0 Å². The molecule has 0 bridgehead atoms. The molecule has 1 saturated carbocycles. The van der Waals surface area contributed by atoms with E-state index in [0.29, 0.717) is 18.7 Å². The summed E-state index contributed by atoms with van der Waals surface area (Å²) >= 11 is 0. The van der Waals surface area contributed by atoms with Crippen LogP contribution in [0.1, 0.15) is 32.9 Å². The summed E-state index contributed by atoms with van der Waals surface area (Å²) in [7, 11) is -3.51. The summed E-state index contributed by atoms with van der Waals surface area (Å²) in [4.78, 5) is 3.08. The summed E-state index contributed by atoms with van der Waals surface area (Å²) in [5.74, 6) is 0. The number of rotatable bonds is 6. The second-order valence-electron chi connectivity index (χ2n) is 5.74. The standard InChI is InChI=1S/C13H23N3O3S/c1-4-19-12-6-11(13(12,2)3)16-20(17,18)10-5-9(7-14)15-8-10/h5,8,11-12,15-16H,4,6-7,14H2,1-3H3. The van der Waals surface area contributed by atoms with Crippen LogP contribution in [-0.4, -0.2) is 32.2 Å². The zero-order chi connectivity index (χ0) is 15.0. The molecular formula is C13H23N3O3S. The van der Waals surface area contributed by atoms with Gasteiger partial charge in [-0.25, -0.2) is 13.1 Å². The van der Waals surface area contributed by atoms with Gasteiger partial charge in [0.15, 0.2) is 0 Å². The van der Waals surface area contributed by atoms with E-state index in [9.17, 15) is 8.42 Å². The molecule has 0 saturated heterocycles. The van der Waals surface area contributed by atoms with Gasteiger partial charge in [-0.05, 0) is 19.4 Å². The number of aromatic amines is 1. The maximum absolute atomic E-state index is 12.3. The van der Waals surface area contributed by atoms with Gasteiger partial charge in [0.2, 0.25) is 10.0 Å². The van der Waals surface area contributed by atoms with E-state index in [-0.39, 0.29) is 29.0 Å². The van der Waals surface area contributed by atoms with E-state index >= 15 is 0 Å². The van der Waals surface area contributed by atoms with Crippen molar-refractivity contribution in [1.82, 2.24) is 9.71 Å². The summed E-state index contributed by atoms with van der Waals surface area (Å²) in [6.07, 6.45) is 2.27. The molecule has 7 heteroatoms. The average Bonchev–Trinajstić information content (AvgIpc) is 2.87. The molecule has 1 aliphatic rings. The number of nitrogens with one attached hydrogen (secondary N) is 2. The summed E-state index contributed by atoms with van der Waals surface area (Å²) in [6.45, 7) is 6.92. The smallest absolute Gasteiger partial charge is 0.242 e. The van der Waals surface area contributed by atoms with Crippen LogP contribution in [0.5, 0.6) is 0 Å². The van der Waals surface area contributed by atoms with Crippen LogP contribution in [0.3, 0.4) is 0 Å². The first kappa shape index (κ1) is 15.5. The molecule has 2 atom stereocenters. The van der Waals surface area contributed by atoms with Crippen LogP contribution in [0.4, 0.5) is 0 Å². The first-order chi connectivity index (χ1) is 9.31. The molecule has 1 aromatic heterocycles. The van der Waals surface area contributed by atoms with Crippen molar-refractivity contribution in [2.75, 3.05) is 6.61 Å². The minimum atomic E-state index is -3.51. The molecule has 0 radical (unpaired) electrons. The Labute approximate surface area is 120 Å². The monoisotopic (exact) mass is 301 g/mol. The Morgan fingerprint density at radius 1 is 1.55 bits per heavy atom. The zero-order valence-corrected chi connectivity index (χ0v) is 13.0. The highest BCUT2D eigenvalue weighted by atomic mass is 32.2. The molecule has 0 aromatic carbocycles. The van der Waals surface area contributed by atoms with Crippen LogP contribution in [0.15, 0.2) is 17.2 Å². The first-order valence-corrected chi connectivity index (χ1v) is 8.31. The Kier molecular flexibility index (Phi) is 4.24. The van der Waals surface area contributed by atoms with Crippen LogP contribution < -0.4 is 10.5 Å². The summed E-state index contributed by atoms with van der Waals surface area (Å²) in [6, 6.07) is 1.45. The molecule has 4 N–H and O–H groups in total.